The van der Waals surface area contributed by atoms with E-state index in [2.05, 4.69) is 34.6 Å². The first-order chi connectivity index (χ1) is 6.74. The van der Waals surface area contributed by atoms with E-state index in [-0.39, 0.29) is 0 Å². The summed E-state index contributed by atoms with van der Waals surface area (Å²) in [6.07, 6.45) is 1.75. The fourth-order valence-corrected chi connectivity index (χ4v) is 1.80. The molecule has 76 valence electrons. The highest BCUT2D eigenvalue weighted by molar-refractivity contribution is 7.08. The number of aryl methyl sites for hydroxylation is 1. The fourth-order valence-electron chi connectivity index (χ4n) is 0.952. The van der Waals surface area contributed by atoms with Crippen LogP contribution in [-0.4, -0.2) is 12.5 Å². The largest absolute Gasteiger partial charge is 0.370 e. The lowest BCUT2D eigenvalue weighted by Gasteiger charge is -2.01. The van der Waals surface area contributed by atoms with Crippen molar-refractivity contribution < 1.29 is 0 Å². The molecule has 1 rings (SSSR count). The van der Waals surface area contributed by atoms with Gasteiger partial charge in [0.05, 0.1) is 6.54 Å². The molecule has 3 N–H and O–H groups in total. The average Bonchev–Trinajstić information content (AvgIpc) is 2.58. The number of nitrogens with one attached hydrogen (secondary N) is 1. The van der Waals surface area contributed by atoms with Gasteiger partial charge < -0.3 is 11.1 Å². The molecule has 0 aliphatic carbocycles. The first-order valence-electron chi connectivity index (χ1n) is 4.40. The summed E-state index contributed by atoms with van der Waals surface area (Å²) in [5.41, 5.74) is 8.13. The number of nitrogens with two attached hydrogens (primary N) is 1. The van der Waals surface area contributed by atoms with Gasteiger partial charge in [-0.3, -0.25) is 0 Å². The minimum Gasteiger partial charge on any atom is -0.370 e. The highest BCUT2D eigenvalue weighted by Gasteiger charge is 1.97. The molecule has 0 spiro atoms. The van der Waals surface area contributed by atoms with Crippen LogP contribution in [0.4, 0.5) is 0 Å². The number of rotatable bonds is 4. The van der Waals surface area contributed by atoms with Crippen LogP contribution in [0.5, 0.6) is 0 Å². The zero-order chi connectivity index (χ0) is 10.4. The van der Waals surface area contributed by atoms with Gasteiger partial charge in [0.2, 0.25) is 0 Å². The standard InChI is InChI=1S/C10H15N3S/c1-3-4-12-10(11)13-5-9-7-14-6-8(9)2/h3,6-7H,1,4-5H2,2H3,(H3,11,12,13). The van der Waals surface area contributed by atoms with Gasteiger partial charge in [0.15, 0.2) is 5.96 Å². The molecule has 0 saturated carbocycles. The van der Waals surface area contributed by atoms with Crippen LogP contribution in [0.3, 0.4) is 0 Å². The molecule has 0 aliphatic heterocycles. The molecular weight excluding hydrogens is 194 g/mol. The van der Waals surface area contributed by atoms with Crippen LogP contribution >= 0.6 is 11.3 Å². The predicted octanol–water partition coefficient (Wildman–Crippen LogP) is 1.65. The van der Waals surface area contributed by atoms with Gasteiger partial charge in [-0.15, -0.1) is 6.58 Å². The van der Waals surface area contributed by atoms with Crippen LogP contribution in [-0.2, 0) is 6.54 Å². The summed E-state index contributed by atoms with van der Waals surface area (Å²) in [7, 11) is 0. The Morgan fingerprint density at radius 3 is 3.07 bits per heavy atom. The van der Waals surface area contributed by atoms with E-state index in [4.69, 9.17) is 5.73 Å². The van der Waals surface area contributed by atoms with Crippen molar-refractivity contribution in [1.29, 1.82) is 0 Å². The van der Waals surface area contributed by atoms with E-state index in [0.717, 1.165) is 0 Å². The number of guanidine groups is 1. The average molecular weight is 209 g/mol. The van der Waals surface area contributed by atoms with Crippen molar-refractivity contribution in [2.24, 2.45) is 10.7 Å². The Bertz CT molecular complexity index is 328. The maximum absolute atomic E-state index is 5.62. The predicted molar refractivity (Wildman–Crippen MR) is 62.6 cm³/mol. The van der Waals surface area contributed by atoms with Crippen LogP contribution in [0.15, 0.2) is 28.4 Å². The lowest BCUT2D eigenvalue weighted by atomic mass is 10.2. The van der Waals surface area contributed by atoms with Gasteiger partial charge in [-0.1, -0.05) is 6.08 Å². The molecule has 4 heteroatoms. The van der Waals surface area contributed by atoms with E-state index in [1.54, 1.807) is 17.4 Å². The van der Waals surface area contributed by atoms with E-state index in [9.17, 15) is 0 Å². The van der Waals surface area contributed by atoms with Crippen molar-refractivity contribution in [2.45, 2.75) is 13.5 Å². The Kier molecular flexibility index (Phi) is 4.19. The van der Waals surface area contributed by atoms with Crippen molar-refractivity contribution in [3.8, 4) is 0 Å². The molecule has 0 saturated heterocycles. The Labute approximate surface area is 88.4 Å². The lowest BCUT2D eigenvalue weighted by molar-refractivity contribution is 0.968. The van der Waals surface area contributed by atoms with E-state index in [1.165, 1.54) is 11.1 Å². The molecule has 0 unspecified atom stereocenters. The summed E-state index contributed by atoms with van der Waals surface area (Å²) in [6, 6.07) is 0. The number of hydrogen-bond acceptors (Lipinski definition) is 2. The minimum atomic E-state index is 0.468. The molecule has 0 aliphatic rings. The van der Waals surface area contributed by atoms with Gasteiger partial charge in [-0.2, -0.15) is 11.3 Å². The third kappa shape index (κ3) is 3.22. The summed E-state index contributed by atoms with van der Waals surface area (Å²) >= 11 is 1.69. The van der Waals surface area contributed by atoms with Crippen molar-refractivity contribution in [3.05, 3.63) is 34.5 Å². The van der Waals surface area contributed by atoms with Crippen LogP contribution < -0.4 is 11.1 Å². The molecule has 1 heterocycles. The van der Waals surface area contributed by atoms with Gasteiger partial charge in [0.1, 0.15) is 0 Å². The fraction of sp³-hybridized carbons (Fsp3) is 0.300. The molecule has 3 nitrogen and oxygen atoms in total. The van der Waals surface area contributed by atoms with Gasteiger partial charge >= 0.3 is 0 Å². The lowest BCUT2D eigenvalue weighted by Crippen LogP contribution is -2.31. The van der Waals surface area contributed by atoms with E-state index < -0.39 is 0 Å². The van der Waals surface area contributed by atoms with Gasteiger partial charge in [0.25, 0.3) is 0 Å². The summed E-state index contributed by atoms with van der Waals surface area (Å²) in [5, 5.41) is 7.13. The third-order valence-electron chi connectivity index (χ3n) is 1.81. The zero-order valence-electron chi connectivity index (χ0n) is 8.29. The highest BCUT2D eigenvalue weighted by atomic mass is 32.1. The molecule has 1 aromatic heterocycles. The highest BCUT2D eigenvalue weighted by Crippen LogP contribution is 2.14. The zero-order valence-corrected chi connectivity index (χ0v) is 9.10. The molecule has 0 amide bonds. The smallest absolute Gasteiger partial charge is 0.189 e. The van der Waals surface area contributed by atoms with Gasteiger partial charge in [0, 0.05) is 6.54 Å². The maximum Gasteiger partial charge on any atom is 0.189 e. The summed E-state index contributed by atoms with van der Waals surface area (Å²) in [6.45, 7) is 6.96. The first-order valence-corrected chi connectivity index (χ1v) is 5.34. The molecule has 14 heavy (non-hydrogen) atoms. The Morgan fingerprint density at radius 2 is 2.50 bits per heavy atom. The molecule has 1 aromatic rings. The normalized spacial score (nSPS) is 11.4. The topological polar surface area (TPSA) is 50.4 Å². The summed E-state index contributed by atoms with van der Waals surface area (Å²) in [4.78, 5) is 4.21. The second-order valence-electron chi connectivity index (χ2n) is 2.95. The summed E-state index contributed by atoms with van der Waals surface area (Å²) in [5.74, 6) is 0.468. The number of hydrogen-bond donors (Lipinski definition) is 2. The second-order valence-corrected chi connectivity index (χ2v) is 3.69. The van der Waals surface area contributed by atoms with Gasteiger partial charge in [-0.25, -0.2) is 4.99 Å². The number of thiophene rings is 1. The molecule has 0 bridgehead atoms. The van der Waals surface area contributed by atoms with Crippen LogP contribution in [0.1, 0.15) is 11.1 Å². The quantitative estimate of drug-likeness (QED) is 0.450. The molecule has 0 radical (unpaired) electrons. The number of aliphatic imine (C=N–C) groups is 1. The molecule has 0 atom stereocenters. The van der Waals surface area contributed by atoms with Crippen molar-refractivity contribution in [1.82, 2.24) is 5.32 Å². The Balaban J connectivity index is 2.46. The van der Waals surface area contributed by atoms with E-state index in [1.807, 2.05) is 0 Å². The van der Waals surface area contributed by atoms with Crippen LogP contribution in [0.25, 0.3) is 0 Å². The van der Waals surface area contributed by atoms with Gasteiger partial charge in [-0.05, 0) is 28.8 Å². The Hall–Kier alpha value is -1.29. The maximum atomic E-state index is 5.62. The van der Waals surface area contributed by atoms with E-state index >= 15 is 0 Å². The molecular formula is C10H15N3S. The van der Waals surface area contributed by atoms with E-state index in [0.29, 0.717) is 19.0 Å². The van der Waals surface area contributed by atoms with Crippen LogP contribution in [0.2, 0.25) is 0 Å². The second kappa shape index (κ2) is 5.44. The SMILES string of the molecule is C=CCNC(N)=NCc1cscc1C. The van der Waals surface area contributed by atoms with Crippen molar-refractivity contribution >= 4 is 17.3 Å². The minimum absolute atomic E-state index is 0.468. The molecule has 0 fully saturated rings. The number of nitrogens with zero attached hydrogens (tertiary/aromatic N) is 1. The summed E-state index contributed by atoms with van der Waals surface area (Å²) < 4.78 is 0. The monoisotopic (exact) mass is 209 g/mol. The van der Waals surface area contributed by atoms with Crippen LogP contribution in [0, 0.1) is 6.92 Å². The molecule has 0 aromatic carbocycles. The van der Waals surface area contributed by atoms with Crippen molar-refractivity contribution in [2.75, 3.05) is 6.54 Å². The Morgan fingerprint density at radius 1 is 1.71 bits per heavy atom. The first kappa shape index (κ1) is 10.8. The van der Waals surface area contributed by atoms with Crippen molar-refractivity contribution in [3.63, 3.8) is 0 Å². The third-order valence-corrected chi connectivity index (χ3v) is 2.72.